The van der Waals surface area contributed by atoms with Gasteiger partial charge in [0.05, 0.1) is 6.61 Å². The molecule has 0 unspecified atom stereocenters. The number of benzene rings is 2. The Labute approximate surface area is 110 Å². The Kier molecular flexibility index (Phi) is 6.40. The minimum Gasteiger partial charge on any atom is -0.392 e. The summed E-state index contributed by atoms with van der Waals surface area (Å²) in [6, 6.07) is 12.3. The van der Waals surface area contributed by atoms with E-state index in [1.165, 1.54) is 17.4 Å². The lowest BCUT2D eigenvalue weighted by atomic mass is 10.00. The molecule has 0 saturated carbocycles. The highest BCUT2D eigenvalue weighted by Gasteiger charge is 2.03. The number of hydrogen-bond donors (Lipinski definition) is 2. The third kappa shape index (κ3) is 3.56. The molecular weight excluding hydrogens is 222 g/mol. The zero-order chi connectivity index (χ0) is 13.4. The van der Waals surface area contributed by atoms with Crippen molar-refractivity contribution in [3.63, 3.8) is 0 Å². The maximum Gasteiger partial charge on any atom is 0.0687 e. The van der Waals surface area contributed by atoms with Gasteiger partial charge in [-0.2, -0.15) is 0 Å². The van der Waals surface area contributed by atoms with Crippen LogP contribution >= 0.6 is 0 Å². The van der Waals surface area contributed by atoms with E-state index in [2.05, 4.69) is 37.4 Å². The van der Waals surface area contributed by atoms with Crippen molar-refractivity contribution in [2.24, 2.45) is 0 Å². The van der Waals surface area contributed by atoms with Crippen molar-refractivity contribution in [1.82, 2.24) is 5.32 Å². The Morgan fingerprint density at radius 2 is 1.44 bits per heavy atom. The van der Waals surface area contributed by atoms with E-state index in [0.717, 1.165) is 17.5 Å². The summed E-state index contributed by atoms with van der Waals surface area (Å²) in [5.41, 5.74) is 2.26. The van der Waals surface area contributed by atoms with Crippen LogP contribution in [-0.2, 0) is 13.2 Å². The first-order chi connectivity index (χ1) is 8.78. The first kappa shape index (κ1) is 14.7. The first-order valence-corrected chi connectivity index (χ1v) is 6.53. The molecule has 0 aliphatic rings. The predicted octanol–water partition coefficient (Wildman–Crippen LogP) is 3.47. The molecule has 0 aliphatic carbocycles. The molecule has 2 aromatic carbocycles. The van der Waals surface area contributed by atoms with Gasteiger partial charge < -0.3 is 10.4 Å². The third-order valence-electron chi connectivity index (χ3n) is 2.64. The van der Waals surface area contributed by atoms with Gasteiger partial charge in [0, 0.05) is 6.54 Å². The summed E-state index contributed by atoms with van der Waals surface area (Å²) in [5.74, 6) is 0. The molecule has 2 N–H and O–H groups in total. The standard InChI is InChI=1S/C13H15NO.C3H8/c1-14-8-10-6-7-11(9-15)13-5-3-2-4-12(10)13;1-3-2/h2-7,14-15H,8-9H2,1H3;3H2,1-2H3. The Morgan fingerprint density at radius 3 is 1.94 bits per heavy atom. The topological polar surface area (TPSA) is 32.3 Å². The molecule has 0 aromatic heterocycles. The monoisotopic (exact) mass is 245 g/mol. The smallest absolute Gasteiger partial charge is 0.0687 e. The third-order valence-corrected chi connectivity index (χ3v) is 2.64. The summed E-state index contributed by atoms with van der Waals surface area (Å²) in [6.45, 7) is 5.20. The van der Waals surface area contributed by atoms with Gasteiger partial charge in [0.1, 0.15) is 0 Å². The predicted molar refractivity (Wildman–Crippen MR) is 78.6 cm³/mol. The van der Waals surface area contributed by atoms with Gasteiger partial charge in [0.2, 0.25) is 0 Å². The minimum absolute atomic E-state index is 0.0976. The highest BCUT2D eigenvalue weighted by molar-refractivity contribution is 5.88. The number of rotatable bonds is 3. The summed E-state index contributed by atoms with van der Waals surface area (Å²) in [7, 11) is 1.94. The van der Waals surface area contributed by atoms with Crippen molar-refractivity contribution in [1.29, 1.82) is 0 Å². The van der Waals surface area contributed by atoms with Crippen molar-refractivity contribution in [3.8, 4) is 0 Å². The number of nitrogens with one attached hydrogen (secondary N) is 1. The number of hydrogen-bond acceptors (Lipinski definition) is 2. The van der Waals surface area contributed by atoms with E-state index in [1.807, 2.05) is 25.2 Å². The summed E-state index contributed by atoms with van der Waals surface area (Å²) >= 11 is 0. The number of aliphatic hydroxyl groups excluding tert-OH is 1. The Balaban J connectivity index is 0.000000492. The maximum absolute atomic E-state index is 9.24. The van der Waals surface area contributed by atoms with E-state index in [4.69, 9.17) is 0 Å². The van der Waals surface area contributed by atoms with Crippen molar-refractivity contribution < 1.29 is 5.11 Å². The van der Waals surface area contributed by atoms with Crippen molar-refractivity contribution >= 4 is 10.8 Å². The fourth-order valence-corrected chi connectivity index (χ4v) is 1.91. The summed E-state index contributed by atoms with van der Waals surface area (Å²) in [6.07, 6.45) is 1.25. The summed E-state index contributed by atoms with van der Waals surface area (Å²) < 4.78 is 0. The van der Waals surface area contributed by atoms with E-state index in [-0.39, 0.29) is 6.61 Å². The van der Waals surface area contributed by atoms with Crippen LogP contribution < -0.4 is 5.32 Å². The molecule has 0 saturated heterocycles. The van der Waals surface area contributed by atoms with Gasteiger partial charge in [-0.25, -0.2) is 0 Å². The van der Waals surface area contributed by atoms with Crippen LogP contribution in [0.4, 0.5) is 0 Å². The normalized spacial score (nSPS) is 10.0. The first-order valence-electron chi connectivity index (χ1n) is 6.53. The van der Waals surface area contributed by atoms with Crippen molar-refractivity contribution in [2.45, 2.75) is 33.4 Å². The molecule has 2 aromatic rings. The SMILES string of the molecule is CCC.CNCc1ccc(CO)c2ccccc12. The van der Waals surface area contributed by atoms with E-state index >= 15 is 0 Å². The van der Waals surface area contributed by atoms with E-state index < -0.39 is 0 Å². The molecule has 0 fully saturated rings. The fourth-order valence-electron chi connectivity index (χ4n) is 1.91. The van der Waals surface area contributed by atoms with E-state index in [1.54, 1.807) is 0 Å². The lowest BCUT2D eigenvalue weighted by molar-refractivity contribution is 0.283. The van der Waals surface area contributed by atoms with Crippen molar-refractivity contribution in [2.75, 3.05) is 7.05 Å². The van der Waals surface area contributed by atoms with Gasteiger partial charge in [-0.05, 0) is 28.9 Å². The largest absolute Gasteiger partial charge is 0.392 e. The molecule has 0 radical (unpaired) electrons. The van der Waals surface area contributed by atoms with Crippen LogP contribution in [0.15, 0.2) is 36.4 Å². The summed E-state index contributed by atoms with van der Waals surface area (Å²) in [5, 5.41) is 14.8. The second-order valence-corrected chi connectivity index (χ2v) is 4.32. The van der Waals surface area contributed by atoms with Gasteiger partial charge in [0.25, 0.3) is 0 Å². The Bertz CT molecular complexity index is 479. The Morgan fingerprint density at radius 1 is 0.944 bits per heavy atom. The van der Waals surface area contributed by atoms with Crippen LogP contribution in [0.1, 0.15) is 31.4 Å². The molecule has 0 atom stereocenters. The van der Waals surface area contributed by atoms with Gasteiger partial charge in [0.15, 0.2) is 0 Å². The van der Waals surface area contributed by atoms with Crippen LogP contribution in [0.25, 0.3) is 10.8 Å². The van der Waals surface area contributed by atoms with Gasteiger partial charge in [-0.3, -0.25) is 0 Å². The van der Waals surface area contributed by atoms with Gasteiger partial charge >= 0.3 is 0 Å². The van der Waals surface area contributed by atoms with Gasteiger partial charge in [-0.1, -0.05) is 56.7 Å². The molecule has 0 spiro atoms. The zero-order valence-corrected chi connectivity index (χ0v) is 11.5. The molecule has 0 bridgehead atoms. The minimum atomic E-state index is 0.0976. The van der Waals surface area contributed by atoms with Crippen LogP contribution in [0, 0.1) is 0 Å². The molecule has 0 amide bonds. The van der Waals surface area contributed by atoms with Crippen molar-refractivity contribution in [3.05, 3.63) is 47.5 Å². The fraction of sp³-hybridized carbons (Fsp3) is 0.375. The molecule has 0 heterocycles. The number of fused-ring (bicyclic) bond motifs is 1. The van der Waals surface area contributed by atoms with Crippen LogP contribution in [0.2, 0.25) is 0 Å². The molecular formula is C16H23NO. The van der Waals surface area contributed by atoms with E-state index in [0.29, 0.717) is 0 Å². The molecule has 0 aliphatic heterocycles. The van der Waals surface area contributed by atoms with Crippen LogP contribution in [-0.4, -0.2) is 12.2 Å². The Hall–Kier alpha value is -1.38. The summed E-state index contributed by atoms with van der Waals surface area (Å²) in [4.78, 5) is 0. The maximum atomic E-state index is 9.24. The average Bonchev–Trinajstić information content (AvgIpc) is 2.40. The molecule has 98 valence electrons. The highest BCUT2D eigenvalue weighted by Crippen LogP contribution is 2.22. The lowest BCUT2D eigenvalue weighted by Gasteiger charge is -2.09. The molecule has 2 nitrogen and oxygen atoms in total. The van der Waals surface area contributed by atoms with Crippen LogP contribution in [0.5, 0.6) is 0 Å². The number of aliphatic hydroxyl groups is 1. The van der Waals surface area contributed by atoms with E-state index in [9.17, 15) is 5.11 Å². The second kappa shape index (κ2) is 7.85. The zero-order valence-electron chi connectivity index (χ0n) is 11.5. The highest BCUT2D eigenvalue weighted by atomic mass is 16.3. The van der Waals surface area contributed by atoms with Gasteiger partial charge in [-0.15, -0.1) is 0 Å². The molecule has 18 heavy (non-hydrogen) atoms. The molecule has 2 rings (SSSR count). The lowest BCUT2D eigenvalue weighted by Crippen LogP contribution is -2.05. The molecule has 2 heteroatoms. The second-order valence-electron chi connectivity index (χ2n) is 4.32. The quantitative estimate of drug-likeness (QED) is 0.868. The average molecular weight is 245 g/mol. The van der Waals surface area contributed by atoms with Crippen LogP contribution in [0.3, 0.4) is 0 Å².